The van der Waals surface area contributed by atoms with Crippen LogP contribution in [-0.2, 0) is 50.8 Å². The predicted octanol–water partition coefficient (Wildman–Crippen LogP) is 9.69. The standard InChI is InChI=1S/C49H41ClN2O5/c1-56-48(55)45-43(51(32-36-18-7-2-8-19-36)33-37-20-9-3-10-21-37)31-44(52(34-38-22-11-4-12-23-38)35-39-24-13-5-14-25-39)49(46(45)53,41-28-17-29-42(50)30-41)57-47(54)40-26-15-6-16-27-40/h2-31H,32-35H2,1H3. The third kappa shape index (κ3) is 8.75. The van der Waals surface area contributed by atoms with Crippen molar-refractivity contribution in [2.45, 2.75) is 31.8 Å². The molecule has 0 aromatic heterocycles. The van der Waals surface area contributed by atoms with Crippen LogP contribution < -0.4 is 0 Å². The van der Waals surface area contributed by atoms with Crippen LogP contribution in [0, 0.1) is 0 Å². The van der Waals surface area contributed by atoms with Crippen LogP contribution >= 0.6 is 11.6 Å². The van der Waals surface area contributed by atoms with Crippen LogP contribution in [0.15, 0.2) is 199 Å². The van der Waals surface area contributed by atoms with E-state index in [0.717, 1.165) is 22.3 Å². The lowest BCUT2D eigenvalue weighted by atomic mass is 9.77. The topological polar surface area (TPSA) is 76.2 Å². The van der Waals surface area contributed by atoms with Gasteiger partial charge in [-0.05, 0) is 52.6 Å². The van der Waals surface area contributed by atoms with E-state index in [-0.39, 0.29) is 16.7 Å². The van der Waals surface area contributed by atoms with Crippen molar-refractivity contribution in [1.29, 1.82) is 0 Å². The summed E-state index contributed by atoms with van der Waals surface area (Å²) in [7, 11) is 1.24. The van der Waals surface area contributed by atoms with Crippen LogP contribution in [0.2, 0.25) is 5.02 Å². The summed E-state index contributed by atoms with van der Waals surface area (Å²) < 4.78 is 12.1. The molecule has 0 aliphatic heterocycles. The predicted molar refractivity (Wildman–Crippen MR) is 221 cm³/mol. The summed E-state index contributed by atoms with van der Waals surface area (Å²) in [6.07, 6.45) is 1.82. The van der Waals surface area contributed by atoms with Crippen LogP contribution in [0.3, 0.4) is 0 Å². The molecule has 6 aromatic rings. The number of ether oxygens (including phenoxy) is 2. The SMILES string of the molecule is COC(=O)C1=C(N(Cc2ccccc2)Cc2ccccc2)C=C(N(Cc2ccccc2)Cc2ccccc2)C(OC(=O)c2ccccc2)(c2cccc(Cl)c2)C1=O. The maximum absolute atomic E-state index is 16.0. The van der Waals surface area contributed by atoms with Crippen molar-refractivity contribution < 1.29 is 23.9 Å². The molecule has 0 amide bonds. The molecule has 6 aromatic carbocycles. The first-order chi connectivity index (χ1) is 27.9. The van der Waals surface area contributed by atoms with Crippen molar-refractivity contribution in [3.63, 3.8) is 0 Å². The summed E-state index contributed by atoms with van der Waals surface area (Å²) in [6.45, 7) is 1.32. The smallest absolute Gasteiger partial charge is 0.343 e. The molecule has 57 heavy (non-hydrogen) atoms. The van der Waals surface area contributed by atoms with Crippen LogP contribution in [0.5, 0.6) is 0 Å². The van der Waals surface area contributed by atoms with Crippen LogP contribution in [0.25, 0.3) is 0 Å². The van der Waals surface area contributed by atoms with Gasteiger partial charge >= 0.3 is 11.9 Å². The third-order valence-electron chi connectivity index (χ3n) is 9.86. The number of hydrogen-bond donors (Lipinski definition) is 0. The van der Waals surface area contributed by atoms with E-state index in [1.54, 1.807) is 54.6 Å². The number of carbonyl (C=O) groups excluding carboxylic acids is 3. The van der Waals surface area contributed by atoms with Gasteiger partial charge in [0, 0.05) is 36.8 Å². The number of halogens is 1. The average molecular weight is 773 g/mol. The number of carbonyl (C=O) groups is 3. The summed E-state index contributed by atoms with van der Waals surface area (Å²) in [5, 5.41) is 0.316. The molecule has 0 spiro atoms. The van der Waals surface area contributed by atoms with E-state index in [9.17, 15) is 9.59 Å². The van der Waals surface area contributed by atoms with Crippen molar-refractivity contribution in [3.05, 3.63) is 237 Å². The van der Waals surface area contributed by atoms with E-state index in [1.807, 2.05) is 137 Å². The fourth-order valence-electron chi connectivity index (χ4n) is 7.16. The average Bonchev–Trinajstić information content (AvgIpc) is 3.25. The van der Waals surface area contributed by atoms with Crippen molar-refractivity contribution in [2.75, 3.05) is 7.11 Å². The van der Waals surface area contributed by atoms with E-state index in [1.165, 1.54) is 7.11 Å². The number of hydrogen-bond acceptors (Lipinski definition) is 7. The van der Waals surface area contributed by atoms with Gasteiger partial charge in [0.25, 0.3) is 0 Å². The highest BCUT2D eigenvalue weighted by Gasteiger charge is 2.56. The number of nitrogens with zero attached hydrogens (tertiary/aromatic N) is 2. The summed E-state index contributed by atoms with van der Waals surface area (Å²) in [5.41, 5.74) is 2.55. The van der Waals surface area contributed by atoms with Crippen molar-refractivity contribution in [3.8, 4) is 0 Å². The van der Waals surface area contributed by atoms with E-state index in [0.29, 0.717) is 42.6 Å². The van der Waals surface area contributed by atoms with Gasteiger partial charge in [-0.1, -0.05) is 163 Å². The molecule has 0 radical (unpaired) electrons. The lowest BCUT2D eigenvalue weighted by molar-refractivity contribution is -0.143. The molecule has 1 aliphatic carbocycles. The molecule has 1 unspecified atom stereocenters. The Morgan fingerprint density at radius 1 is 0.561 bits per heavy atom. The zero-order valence-electron chi connectivity index (χ0n) is 31.5. The van der Waals surface area contributed by atoms with Gasteiger partial charge in [-0.15, -0.1) is 0 Å². The summed E-state index contributed by atoms with van der Waals surface area (Å²) in [5.74, 6) is -2.38. The first kappa shape index (κ1) is 38.6. The molecule has 7 rings (SSSR count). The molecule has 284 valence electrons. The van der Waals surface area contributed by atoms with Gasteiger partial charge in [0.15, 0.2) is 0 Å². The van der Waals surface area contributed by atoms with Gasteiger partial charge < -0.3 is 19.3 Å². The Hall–Kier alpha value is -6.70. The number of Topliss-reactive ketones (excluding diaryl/α,β-unsaturated/α-hetero) is 1. The van der Waals surface area contributed by atoms with E-state index < -0.39 is 23.3 Å². The monoisotopic (exact) mass is 772 g/mol. The molecule has 0 saturated heterocycles. The molecule has 1 atom stereocenters. The van der Waals surface area contributed by atoms with Crippen molar-refractivity contribution in [1.82, 2.24) is 9.80 Å². The van der Waals surface area contributed by atoms with Crippen LogP contribution in [0.1, 0.15) is 38.2 Å². The van der Waals surface area contributed by atoms with E-state index in [2.05, 4.69) is 0 Å². The highest BCUT2D eigenvalue weighted by molar-refractivity contribution is 6.31. The Morgan fingerprint density at radius 2 is 1.00 bits per heavy atom. The van der Waals surface area contributed by atoms with Gasteiger partial charge in [0.1, 0.15) is 5.57 Å². The number of allylic oxidation sites excluding steroid dienone is 1. The first-order valence-electron chi connectivity index (χ1n) is 18.7. The second-order valence-corrected chi connectivity index (χ2v) is 14.1. The highest BCUT2D eigenvalue weighted by Crippen LogP contribution is 2.46. The Kier molecular flexibility index (Phi) is 12.1. The minimum Gasteiger partial charge on any atom is -0.465 e. The highest BCUT2D eigenvalue weighted by atomic mass is 35.5. The number of methoxy groups -OCH3 is 1. The lowest BCUT2D eigenvalue weighted by Crippen LogP contribution is -2.52. The van der Waals surface area contributed by atoms with Gasteiger partial charge in [-0.2, -0.15) is 0 Å². The fourth-order valence-corrected chi connectivity index (χ4v) is 7.35. The normalized spacial score (nSPS) is 15.1. The van der Waals surface area contributed by atoms with Gasteiger partial charge in [0.05, 0.1) is 24.1 Å². The maximum atomic E-state index is 16.0. The molecule has 0 saturated carbocycles. The quantitative estimate of drug-likeness (QED) is 0.0807. The summed E-state index contributed by atoms with van der Waals surface area (Å²) >= 11 is 6.70. The van der Waals surface area contributed by atoms with E-state index in [4.69, 9.17) is 21.1 Å². The Labute approximate surface area is 338 Å². The van der Waals surface area contributed by atoms with E-state index >= 15 is 4.79 Å². The second kappa shape index (κ2) is 17.8. The first-order valence-corrected chi connectivity index (χ1v) is 19.0. The van der Waals surface area contributed by atoms with Gasteiger partial charge in [-0.25, -0.2) is 9.59 Å². The van der Waals surface area contributed by atoms with Gasteiger partial charge in [0.2, 0.25) is 11.4 Å². The zero-order chi connectivity index (χ0) is 39.6. The molecule has 0 N–H and O–H groups in total. The Balaban J connectivity index is 1.54. The third-order valence-corrected chi connectivity index (χ3v) is 10.1. The molecule has 0 bridgehead atoms. The molecule has 0 fully saturated rings. The molecule has 8 heteroatoms. The van der Waals surface area contributed by atoms with Crippen LogP contribution in [0.4, 0.5) is 0 Å². The summed E-state index contributed by atoms with van der Waals surface area (Å²) in [4.78, 5) is 48.7. The number of rotatable bonds is 14. The molecular weight excluding hydrogens is 732 g/mol. The fraction of sp³-hybridized carbons (Fsp3) is 0.122. The number of ketones is 1. The molecule has 1 aliphatic rings. The molecular formula is C49H41ClN2O5. The van der Waals surface area contributed by atoms with Crippen LogP contribution in [-0.4, -0.2) is 34.6 Å². The minimum absolute atomic E-state index is 0.230. The zero-order valence-corrected chi connectivity index (χ0v) is 32.2. The maximum Gasteiger partial charge on any atom is 0.343 e. The second-order valence-electron chi connectivity index (χ2n) is 13.7. The number of esters is 2. The van der Waals surface area contributed by atoms with Gasteiger partial charge in [-0.3, -0.25) is 4.79 Å². The lowest BCUT2D eigenvalue weighted by Gasteiger charge is -2.44. The Morgan fingerprint density at radius 3 is 1.44 bits per heavy atom. The van der Waals surface area contributed by atoms with Crippen molar-refractivity contribution >= 4 is 29.3 Å². The largest absolute Gasteiger partial charge is 0.465 e. The Bertz CT molecular complexity index is 2300. The molecule has 0 heterocycles. The van der Waals surface area contributed by atoms with Crippen molar-refractivity contribution in [2.24, 2.45) is 0 Å². The molecule has 7 nitrogen and oxygen atoms in total. The minimum atomic E-state index is -2.19. The number of benzene rings is 6. The summed E-state index contributed by atoms with van der Waals surface area (Å²) in [6, 6.07) is 54.6.